The van der Waals surface area contributed by atoms with Crippen molar-refractivity contribution in [1.82, 2.24) is 24.5 Å². The van der Waals surface area contributed by atoms with Gasteiger partial charge in [-0.1, -0.05) is 19.9 Å². The molecule has 178 valence electrons. The first-order valence-electron chi connectivity index (χ1n) is 12.7. The molecule has 1 aliphatic heterocycles. The van der Waals surface area contributed by atoms with Gasteiger partial charge in [0.2, 0.25) is 0 Å². The Balaban J connectivity index is 1.45. The Kier molecular flexibility index (Phi) is 4.33. The van der Waals surface area contributed by atoms with Crippen LogP contribution in [0, 0.1) is 5.92 Å². The SMILES string of the molecule is Cn1cc2cc(-n3nc4c(c(-c5ccc(C6CC6)nc5)c3=O)N(CC3CC3)CC4(C)C)ccc2n1. The Bertz CT molecular complexity index is 1520. The molecule has 7 nitrogen and oxygen atoms in total. The van der Waals surface area contributed by atoms with Crippen molar-refractivity contribution < 1.29 is 0 Å². The van der Waals surface area contributed by atoms with Crippen molar-refractivity contribution in [2.45, 2.75) is 50.9 Å². The molecule has 0 atom stereocenters. The number of nitrogens with zero attached hydrogens (tertiary/aromatic N) is 6. The molecule has 35 heavy (non-hydrogen) atoms. The van der Waals surface area contributed by atoms with Crippen molar-refractivity contribution in [2.24, 2.45) is 13.0 Å². The van der Waals surface area contributed by atoms with E-state index < -0.39 is 0 Å². The maximum absolute atomic E-state index is 14.2. The average Bonchev–Trinajstić information content (AvgIpc) is 3.75. The van der Waals surface area contributed by atoms with Crippen molar-refractivity contribution >= 4 is 16.6 Å². The molecule has 0 unspecified atom stereocenters. The lowest BCUT2D eigenvalue weighted by atomic mass is 9.90. The molecule has 0 saturated heterocycles. The van der Waals surface area contributed by atoms with Crippen LogP contribution < -0.4 is 10.5 Å². The zero-order valence-electron chi connectivity index (χ0n) is 20.5. The van der Waals surface area contributed by atoms with Gasteiger partial charge in [0.25, 0.3) is 5.56 Å². The Morgan fingerprint density at radius 3 is 2.60 bits per heavy atom. The standard InChI is InChI=1S/C28H30N6O/c1-28(2)16-33(14-17-4-5-17)25-24(19-8-10-22(29-13-19)18-6-7-18)27(35)34(31-26(25)28)21-9-11-23-20(12-21)15-32(3)30-23/h8-13,15,17-18H,4-7,14,16H2,1-3H3. The van der Waals surface area contributed by atoms with E-state index in [1.807, 2.05) is 37.6 Å². The van der Waals surface area contributed by atoms with Crippen molar-refractivity contribution in [3.63, 3.8) is 0 Å². The molecule has 4 aromatic rings. The van der Waals surface area contributed by atoms with Crippen molar-refractivity contribution in [1.29, 1.82) is 0 Å². The van der Waals surface area contributed by atoms with Gasteiger partial charge >= 0.3 is 0 Å². The predicted octanol–water partition coefficient (Wildman–Crippen LogP) is 4.57. The van der Waals surface area contributed by atoms with Crippen LogP contribution in [-0.2, 0) is 12.5 Å². The summed E-state index contributed by atoms with van der Waals surface area (Å²) in [6.07, 6.45) is 8.84. The second kappa shape index (κ2) is 7.26. The summed E-state index contributed by atoms with van der Waals surface area (Å²) in [6.45, 7) is 6.34. The number of benzene rings is 1. The lowest BCUT2D eigenvalue weighted by molar-refractivity contribution is 0.521. The Morgan fingerprint density at radius 2 is 1.89 bits per heavy atom. The fraction of sp³-hybridized carbons (Fsp3) is 0.429. The van der Waals surface area contributed by atoms with Crippen LogP contribution in [0.4, 0.5) is 5.69 Å². The number of hydrogen-bond donors (Lipinski definition) is 0. The predicted molar refractivity (Wildman–Crippen MR) is 137 cm³/mol. The third-order valence-corrected chi connectivity index (χ3v) is 7.70. The molecule has 3 aliphatic rings. The van der Waals surface area contributed by atoms with Crippen molar-refractivity contribution in [3.05, 3.63) is 64.5 Å². The molecule has 2 saturated carbocycles. The lowest BCUT2D eigenvalue weighted by Gasteiger charge is -2.23. The van der Waals surface area contributed by atoms with Gasteiger partial charge in [0.05, 0.1) is 28.1 Å². The molecule has 2 fully saturated rings. The number of aryl methyl sites for hydroxylation is 1. The smallest absolute Gasteiger partial charge is 0.281 e. The van der Waals surface area contributed by atoms with Crippen LogP contribution in [0.15, 0.2) is 47.5 Å². The van der Waals surface area contributed by atoms with Gasteiger partial charge in [-0.2, -0.15) is 14.9 Å². The molecular weight excluding hydrogens is 436 g/mol. The molecule has 0 N–H and O–H groups in total. The Morgan fingerprint density at radius 1 is 1.06 bits per heavy atom. The van der Waals surface area contributed by atoms with Crippen LogP contribution in [0.5, 0.6) is 0 Å². The monoisotopic (exact) mass is 466 g/mol. The van der Waals surface area contributed by atoms with Crippen LogP contribution in [-0.4, -0.2) is 37.6 Å². The van der Waals surface area contributed by atoms with E-state index in [4.69, 9.17) is 10.1 Å². The molecular formula is C28H30N6O. The summed E-state index contributed by atoms with van der Waals surface area (Å²) in [7, 11) is 1.91. The lowest BCUT2D eigenvalue weighted by Crippen LogP contribution is -2.30. The zero-order valence-corrected chi connectivity index (χ0v) is 20.5. The highest BCUT2D eigenvalue weighted by molar-refractivity contribution is 5.83. The quantitative estimate of drug-likeness (QED) is 0.431. The first kappa shape index (κ1) is 20.9. The van der Waals surface area contributed by atoms with E-state index in [1.54, 1.807) is 9.36 Å². The highest BCUT2D eigenvalue weighted by Gasteiger charge is 2.42. The van der Waals surface area contributed by atoms with Gasteiger partial charge in [0.1, 0.15) is 0 Å². The summed E-state index contributed by atoms with van der Waals surface area (Å²) in [6, 6.07) is 10.1. The van der Waals surface area contributed by atoms with E-state index in [2.05, 4.69) is 36.0 Å². The number of hydrogen-bond acceptors (Lipinski definition) is 5. The van der Waals surface area contributed by atoms with Gasteiger partial charge in [-0.05, 0) is 55.9 Å². The van der Waals surface area contributed by atoms with Gasteiger partial charge in [-0.3, -0.25) is 14.5 Å². The maximum Gasteiger partial charge on any atom is 0.281 e. The summed E-state index contributed by atoms with van der Waals surface area (Å²) >= 11 is 0. The maximum atomic E-state index is 14.2. The summed E-state index contributed by atoms with van der Waals surface area (Å²) in [5.74, 6) is 1.30. The molecule has 0 amide bonds. The van der Waals surface area contributed by atoms with E-state index >= 15 is 0 Å². The zero-order chi connectivity index (χ0) is 23.9. The minimum absolute atomic E-state index is 0.0912. The number of rotatable bonds is 5. The largest absolute Gasteiger partial charge is 0.368 e. The fourth-order valence-electron chi connectivity index (χ4n) is 5.56. The number of aromatic nitrogens is 5. The van der Waals surface area contributed by atoms with Crippen LogP contribution in [0.2, 0.25) is 0 Å². The molecule has 7 heteroatoms. The van der Waals surface area contributed by atoms with E-state index in [1.165, 1.54) is 25.7 Å². The van der Waals surface area contributed by atoms with Gasteiger partial charge in [-0.25, -0.2) is 0 Å². The molecule has 0 spiro atoms. The van der Waals surface area contributed by atoms with Crippen molar-refractivity contribution in [2.75, 3.05) is 18.0 Å². The van der Waals surface area contributed by atoms with Crippen LogP contribution in [0.1, 0.15) is 56.8 Å². The molecule has 3 aromatic heterocycles. The summed E-state index contributed by atoms with van der Waals surface area (Å²) in [5.41, 5.74) is 6.16. The summed E-state index contributed by atoms with van der Waals surface area (Å²) in [4.78, 5) is 21.4. The van der Waals surface area contributed by atoms with Gasteiger partial charge in [0.15, 0.2) is 0 Å². The van der Waals surface area contributed by atoms with Gasteiger partial charge in [-0.15, -0.1) is 0 Å². The fourth-order valence-corrected chi connectivity index (χ4v) is 5.56. The average molecular weight is 467 g/mol. The number of pyridine rings is 1. The van der Waals surface area contributed by atoms with Crippen LogP contribution in [0.25, 0.3) is 27.7 Å². The minimum atomic E-state index is -0.159. The molecule has 2 aliphatic carbocycles. The van der Waals surface area contributed by atoms with Gasteiger partial charge < -0.3 is 4.90 Å². The molecule has 0 bridgehead atoms. The normalized spacial score (nSPS) is 18.9. The summed E-state index contributed by atoms with van der Waals surface area (Å²) < 4.78 is 3.39. The third kappa shape index (κ3) is 3.48. The highest BCUT2D eigenvalue weighted by atomic mass is 16.1. The van der Waals surface area contributed by atoms with Crippen LogP contribution in [0.3, 0.4) is 0 Å². The summed E-state index contributed by atoms with van der Waals surface area (Å²) in [5, 5.41) is 10.5. The van der Waals surface area contributed by atoms with E-state index in [9.17, 15) is 4.79 Å². The first-order valence-corrected chi connectivity index (χ1v) is 12.7. The van der Waals surface area contributed by atoms with Crippen LogP contribution >= 0.6 is 0 Å². The molecule has 1 aromatic carbocycles. The van der Waals surface area contributed by atoms with E-state index in [-0.39, 0.29) is 11.0 Å². The van der Waals surface area contributed by atoms with E-state index in [0.717, 1.165) is 63.8 Å². The molecule has 4 heterocycles. The van der Waals surface area contributed by atoms with Gasteiger partial charge in [0, 0.05) is 60.5 Å². The topological polar surface area (TPSA) is 68.8 Å². The van der Waals surface area contributed by atoms with Crippen molar-refractivity contribution in [3.8, 4) is 16.8 Å². The second-order valence-electron chi connectivity index (χ2n) is 11.3. The number of fused-ring (bicyclic) bond motifs is 2. The highest BCUT2D eigenvalue weighted by Crippen LogP contribution is 2.46. The Labute approximate surface area is 204 Å². The second-order valence-corrected chi connectivity index (χ2v) is 11.3. The molecule has 0 radical (unpaired) electrons. The Hall–Kier alpha value is -3.48. The number of anilines is 1. The third-order valence-electron chi connectivity index (χ3n) is 7.70. The first-order chi connectivity index (χ1) is 16.9. The minimum Gasteiger partial charge on any atom is -0.368 e. The van der Waals surface area contributed by atoms with E-state index in [0.29, 0.717) is 5.92 Å². The molecule has 7 rings (SSSR count).